The topological polar surface area (TPSA) is 69.6 Å². The molecule has 0 atom stereocenters. The van der Waals surface area contributed by atoms with Crippen LogP contribution in [0, 0.1) is 5.82 Å². The SMILES string of the molecule is Nc1ccc(F)cc1-n1nnnc1C1CCCC1. The number of tetrazole rings is 1. The van der Waals surface area contributed by atoms with Crippen molar-refractivity contribution in [2.45, 2.75) is 31.6 Å². The van der Waals surface area contributed by atoms with E-state index >= 15 is 0 Å². The average molecular weight is 247 g/mol. The number of hydrogen-bond donors (Lipinski definition) is 1. The lowest BCUT2D eigenvalue weighted by atomic mass is 10.1. The van der Waals surface area contributed by atoms with Gasteiger partial charge in [-0.15, -0.1) is 5.10 Å². The number of nitrogen functional groups attached to an aromatic ring is 1. The van der Waals surface area contributed by atoms with Gasteiger partial charge in [-0.3, -0.25) is 0 Å². The summed E-state index contributed by atoms with van der Waals surface area (Å²) in [4.78, 5) is 0. The minimum atomic E-state index is -0.341. The second kappa shape index (κ2) is 4.36. The third-order valence-corrected chi connectivity index (χ3v) is 3.43. The molecule has 0 saturated heterocycles. The van der Waals surface area contributed by atoms with Gasteiger partial charge < -0.3 is 5.73 Å². The molecule has 1 aromatic heterocycles. The highest BCUT2D eigenvalue weighted by atomic mass is 19.1. The minimum absolute atomic E-state index is 0.341. The Morgan fingerprint density at radius 3 is 2.83 bits per heavy atom. The van der Waals surface area contributed by atoms with Gasteiger partial charge in [0.2, 0.25) is 0 Å². The molecule has 2 N–H and O–H groups in total. The van der Waals surface area contributed by atoms with E-state index in [2.05, 4.69) is 15.5 Å². The van der Waals surface area contributed by atoms with Crippen LogP contribution in [0.15, 0.2) is 18.2 Å². The number of hydrogen-bond acceptors (Lipinski definition) is 4. The van der Waals surface area contributed by atoms with Gasteiger partial charge in [0, 0.05) is 12.0 Å². The molecule has 1 aliphatic rings. The fourth-order valence-electron chi connectivity index (χ4n) is 2.50. The second-order valence-electron chi connectivity index (χ2n) is 4.63. The van der Waals surface area contributed by atoms with Crippen molar-refractivity contribution in [2.24, 2.45) is 0 Å². The van der Waals surface area contributed by atoms with Gasteiger partial charge in [-0.2, -0.15) is 4.68 Å². The minimum Gasteiger partial charge on any atom is -0.397 e. The first-order chi connectivity index (χ1) is 8.75. The number of aromatic nitrogens is 4. The fourth-order valence-corrected chi connectivity index (χ4v) is 2.50. The molecule has 94 valence electrons. The zero-order chi connectivity index (χ0) is 12.5. The van der Waals surface area contributed by atoms with Gasteiger partial charge in [0.15, 0.2) is 5.82 Å². The van der Waals surface area contributed by atoms with Crippen molar-refractivity contribution in [1.82, 2.24) is 20.2 Å². The first kappa shape index (κ1) is 11.1. The van der Waals surface area contributed by atoms with Crippen LogP contribution in [-0.2, 0) is 0 Å². The van der Waals surface area contributed by atoms with Gasteiger partial charge in [-0.05, 0) is 35.4 Å². The summed E-state index contributed by atoms with van der Waals surface area (Å²) in [5, 5.41) is 11.7. The smallest absolute Gasteiger partial charge is 0.159 e. The summed E-state index contributed by atoms with van der Waals surface area (Å²) >= 11 is 0. The van der Waals surface area contributed by atoms with Crippen molar-refractivity contribution < 1.29 is 4.39 Å². The van der Waals surface area contributed by atoms with Crippen LogP contribution in [0.2, 0.25) is 0 Å². The first-order valence-electron chi connectivity index (χ1n) is 6.09. The predicted molar refractivity (Wildman–Crippen MR) is 64.7 cm³/mol. The van der Waals surface area contributed by atoms with E-state index in [-0.39, 0.29) is 5.82 Å². The molecule has 6 heteroatoms. The van der Waals surface area contributed by atoms with Crippen LogP contribution < -0.4 is 5.73 Å². The van der Waals surface area contributed by atoms with E-state index in [4.69, 9.17) is 5.73 Å². The Balaban J connectivity index is 2.06. The number of rotatable bonds is 2. The van der Waals surface area contributed by atoms with Gasteiger partial charge in [-0.25, -0.2) is 4.39 Å². The lowest BCUT2D eigenvalue weighted by molar-refractivity contribution is 0.616. The van der Waals surface area contributed by atoms with E-state index in [9.17, 15) is 4.39 Å². The molecule has 1 aliphatic carbocycles. The standard InChI is InChI=1S/C12H14FN5/c13-9-5-6-10(14)11(7-9)18-12(15-16-17-18)8-3-1-2-4-8/h5-8H,1-4,14H2. The van der Waals surface area contributed by atoms with Gasteiger partial charge in [0.25, 0.3) is 0 Å². The molecule has 0 aliphatic heterocycles. The van der Waals surface area contributed by atoms with Crippen LogP contribution in [0.5, 0.6) is 0 Å². The molecule has 2 aromatic rings. The molecule has 0 bridgehead atoms. The Bertz CT molecular complexity index is 559. The third-order valence-electron chi connectivity index (χ3n) is 3.43. The molecule has 0 spiro atoms. The summed E-state index contributed by atoms with van der Waals surface area (Å²) in [7, 11) is 0. The maximum Gasteiger partial charge on any atom is 0.159 e. The highest BCUT2D eigenvalue weighted by Crippen LogP contribution is 2.34. The van der Waals surface area contributed by atoms with Crippen molar-refractivity contribution >= 4 is 5.69 Å². The highest BCUT2D eigenvalue weighted by molar-refractivity contribution is 5.57. The lowest BCUT2D eigenvalue weighted by Crippen LogP contribution is -2.09. The number of nitrogens with two attached hydrogens (primary N) is 1. The van der Waals surface area contributed by atoms with Gasteiger partial charge in [0.1, 0.15) is 5.82 Å². The predicted octanol–water partition coefficient (Wildman–Crippen LogP) is 2.04. The maximum absolute atomic E-state index is 13.3. The Labute approximate surface area is 104 Å². The molecule has 5 nitrogen and oxygen atoms in total. The largest absolute Gasteiger partial charge is 0.397 e. The summed E-state index contributed by atoms with van der Waals surface area (Å²) < 4.78 is 14.9. The van der Waals surface area contributed by atoms with Crippen LogP contribution >= 0.6 is 0 Å². The van der Waals surface area contributed by atoms with Crippen LogP contribution in [0.4, 0.5) is 10.1 Å². The number of anilines is 1. The van der Waals surface area contributed by atoms with Gasteiger partial charge in [0.05, 0.1) is 11.4 Å². The Morgan fingerprint density at radius 2 is 2.06 bits per heavy atom. The lowest BCUT2D eigenvalue weighted by Gasteiger charge is -2.11. The first-order valence-corrected chi connectivity index (χ1v) is 6.09. The zero-order valence-electron chi connectivity index (χ0n) is 9.88. The number of benzene rings is 1. The van der Waals surface area contributed by atoms with Crippen molar-refractivity contribution in [3.63, 3.8) is 0 Å². The number of halogens is 1. The summed E-state index contributed by atoms with van der Waals surface area (Å²) in [6.45, 7) is 0. The van der Waals surface area contributed by atoms with Crippen LogP contribution in [-0.4, -0.2) is 20.2 Å². The van der Waals surface area contributed by atoms with Crippen LogP contribution in [0.1, 0.15) is 37.4 Å². The molecule has 3 rings (SSSR count). The van der Waals surface area contributed by atoms with Crippen molar-refractivity contribution in [2.75, 3.05) is 5.73 Å². The van der Waals surface area contributed by atoms with E-state index in [1.54, 1.807) is 4.68 Å². The molecule has 18 heavy (non-hydrogen) atoms. The third kappa shape index (κ3) is 1.83. The van der Waals surface area contributed by atoms with Crippen LogP contribution in [0.25, 0.3) is 5.69 Å². The van der Waals surface area contributed by atoms with Gasteiger partial charge in [-0.1, -0.05) is 12.8 Å². The van der Waals surface area contributed by atoms with Gasteiger partial charge >= 0.3 is 0 Å². The molecular formula is C12H14FN5. The fraction of sp³-hybridized carbons (Fsp3) is 0.417. The average Bonchev–Trinajstić information content (AvgIpc) is 3.00. The molecular weight excluding hydrogens is 233 g/mol. The Hall–Kier alpha value is -1.98. The second-order valence-corrected chi connectivity index (χ2v) is 4.63. The van der Waals surface area contributed by atoms with E-state index in [0.29, 0.717) is 17.3 Å². The molecule has 0 unspecified atom stereocenters. The van der Waals surface area contributed by atoms with E-state index in [1.165, 1.54) is 31.0 Å². The Kier molecular flexibility index (Phi) is 2.70. The number of nitrogens with zero attached hydrogens (tertiary/aromatic N) is 4. The zero-order valence-corrected chi connectivity index (χ0v) is 9.88. The normalized spacial score (nSPS) is 16.3. The van der Waals surface area contributed by atoms with Crippen molar-refractivity contribution in [1.29, 1.82) is 0 Å². The summed E-state index contributed by atoms with van der Waals surface area (Å²) in [5.41, 5.74) is 6.86. The molecule has 1 heterocycles. The van der Waals surface area contributed by atoms with E-state index in [1.807, 2.05) is 0 Å². The molecule has 1 aromatic carbocycles. The monoisotopic (exact) mass is 247 g/mol. The van der Waals surface area contributed by atoms with Crippen molar-refractivity contribution in [3.8, 4) is 5.69 Å². The molecule has 0 radical (unpaired) electrons. The Morgan fingerprint density at radius 1 is 1.28 bits per heavy atom. The molecule has 1 fully saturated rings. The highest BCUT2D eigenvalue weighted by Gasteiger charge is 2.24. The molecule has 0 amide bonds. The maximum atomic E-state index is 13.3. The molecule has 1 saturated carbocycles. The van der Waals surface area contributed by atoms with Crippen LogP contribution in [0.3, 0.4) is 0 Å². The summed E-state index contributed by atoms with van der Waals surface area (Å²) in [5.74, 6) is 0.791. The quantitative estimate of drug-likeness (QED) is 0.824. The van der Waals surface area contributed by atoms with Crippen molar-refractivity contribution in [3.05, 3.63) is 29.8 Å². The van der Waals surface area contributed by atoms with E-state index < -0.39 is 0 Å². The summed E-state index contributed by atoms with van der Waals surface area (Å²) in [6, 6.07) is 4.23. The summed E-state index contributed by atoms with van der Waals surface area (Å²) in [6.07, 6.45) is 4.54. The van der Waals surface area contributed by atoms with E-state index in [0.717, 1.165) is 18.7 Å².